The van der Waals surface area contributed by atoms with Gasteiger partial charge in [-0.15, -0.1) is 0 Å². The number of rotatable bonds is 12. The van der Waals surface area contributed by atoms with E-state index in [1.807, 2.05) is 4.57 Å². The van der Waals surface area contributed by atoms with E-state index in [1.54, 1.807) is 13.2 Å². The zero-order valence-electron chi connectivity index (χ0n) is 21.0. The van der Waals surface area contributed by atoms with Crippen LogP contribution in [0.4, 0.5) is 4.39 Å². The molecule has 194 valence electrons. The normalized spacial score (nSPS) is 18.7. The first-order valence-electron chi connectivity index (χ1n) is 13.3. The van der Waals surface area contributed by atoms with Crippen molar-refractivity contribution in [2.45, 2.75) is 82.9 Å². The van der Waals surface area contributed by atoms with Gasteiger partial charge in [-0.3, -0.25) is 4.79 Å². The summed E-state index contributed by atoms with van der Waals surface area (Å²) in [5, 5.41) is 3.37. The smallest absolute Gasteiger partial charge is 0.243 e. The molecule has 0 spiro atoms. The Kier molecular flexibility index (Phi) is 9.92. The van der Waals surface area contributed by atoms with Gasteiger partial charge in [-0.2, -0.15) is 0 Å². The lowest BCUT2D eigenvalue weighted by Crippen LogP contribution is -2.43. The second kappa shape index (κ2) is 13.3. The fourth-order valence-electron chi connectivity index (χ4n) is 5.59. The van der Waals surface area contributed by atoms with Gasteiger partial charge in [0.15, 0.2) is 0 Å². The van der Waals surface area contributed by atoms with E-state index in [0.29, 0.717) is 37.8 Å². The van der Waals surface area contributed by atoms with Crippen LogP contribution in [0.2, 0.25) is 0 Å². The average Bonchev–Trinajstić information content (AvgIpc) is 3.22. The first kappa shape index (κ1) is 26.0. The van der Waals surface area contributed by atoms with Gasteiger partial charge in [-0.1, -0.05) is 38.5 Å². The van der Waals surface area contributed by atoms with E-state index in [0.717, 1.165) is 56.9 Å². The largest absolute Gasteiger partial charge is 0.382 e. The molecule has 7 nitrogen and oxygen atoms in total. The highest BCUT2D eigenvalue weighted by atomic mass is 19.1. The van der Waals surface area contributed by atoms with Crippen LogP contribution in [0.15, 0.2) is 18.2 Å². The number of hydrogen-bond acceptors (Lipinski definition) is 5. The molecule has 1 amide bonds. The predicted molar refractivity (Wildman–Crippen MR) is 133 cm³/mol. The van der Waals surface area contributed by atoms with Gasteiger partial charge < -0.3 is 24.1 Å². The van der Waals surface area contributed by atoms with E-state index >= 15 is 0 Å². The van der Waals surface area contributed by atoms with Gasteiger partial charge in [-0.25, -0.2) is 9.37 Å². The van der Waals surface area contributed by atoms with Crippen molar-refractivity contribution >= 4 is 16.9 Å². The van der Waals surface area contributed by atoms with E-state index < -0.39 is 0 Å². The summed E-state index contributed by atoms with van der Waals surface area (Å²) in [4.78, 5) is 18.6. The Morgan fingerprint density at radius 2 is 1.71 bits per heavy atom. The Morgan fingerprint density at radius 3 is 2.46 bits per heavy atom. The van der Waals surface area contributed by atoms with Gasteiger partial charge in [0.2, 0.25) is 5.91 Å². The topological polar surface area (TPSA) is 74.6 Å². The molecule has 1 aromatic carbocycles. The predicted octanol–water partition coefficient (Wildman–Crippen LogP) is 4.93. The molecular formula is C27H40FN3O4. The van der Waals surface area contributed by atoms with Gasteiger partial charge in [-0.05, 0) is 43.7 Å². The molecule has 1 N–H and O–H groups in total. The number of hydrogen-bond donors (Lipinski definition) is 1. The minimum Gasteiger partial charge on any atom is -0.382 e. The summed E-state index contributed by atoms with van der Waals surface area (Å²) < 4.78 is 32.5. The minimum atomic E-state index is -0.371. The Balaban J connectivity index is 1.58. The number of amides is 1. The molecule has 2 aromatic rings. The SMILES string of the molecule is COCCOCCOCc1nc2cc(F)ccc2n1C(C(=O)NC1CCCCC1)C1CCCCC1. The highest BCUT2D eigenvalue weighted by Gasteiger charge is 2.35. The lowest BCUT2D eigenvalue weighted by atomic mass is 9.83. The van der Waals surface area contributed by atoms with Gasteiger partial charge in [0.1, 0.15) is 24.3 Å². The van der Waals surface area contributed by atoms with E-state index in [4.69, 9.17) is 19.2 Å². The zero-order valence-corrected chi connectivity index (χ0v) is 21.0. The van der Waals surface area contributed by atoms with Crippen molar-refractivity contribution < 1.29 is 23.4 Å². The van der Waals surface area contributed by atoms with Crippen molar-refractivity contribution in [3.63, 3.8) is 0 Å². The molecule has 2 aliphatic rings. The van der Waals surface area contributed by atoms with Crippen LogP contribution in [0.3, 0.4) is 0 Å². The van der Waals surface area contributed by atoms with Crippen LogP contribution >= 0.6 is 0 Å². The van der Waals surface area contributed by atoms with E-state index in [1.165, 1.54) is 25.0 Å². The minimum absolute atomic E-state index is 0.0663. The fraction of sp³-hybridized carbons (Fsp3) is 0.704. The van der Waals surface area contributed by atoms with Crippen molar-refractivity contribution in [2.24, 2.45) is 5.92 Å². The number of aromatic nitrogens is 2. The van der Waals surface area contributed by atoms with Crippen molar-refractivity contribution in [2.75, 3.05) is 33.5 Å². The molecule has 4 rings (SSSR count). The number of nitrogens with zero attached hydrogens (tertiary/aromatic N) is 2. The maximum Gasteiger partial charge on any atom is 0.243 e. The molecule has 1 heterocycles. The van der Waals surface area contributed by atoms with E-state index in [2.05, 4.69) is 5.32 Å². The summed E-state index contributed by atoms with van der Waals surface area (Å²) in [7, 11) is 1.64. The third kappa shape index (κ3) is 7.02. The van der Waals surface area contributed by atoms with Gasteiger partial charge >= 0.3 is 0 Å². The number of ether oxygens (including phenoxy) is 3. The highest BCUT2D eigenvalue weighted by Crippen LogP contribution is 2.36. The van der Waals surface area contributed by atoms with Crippen LogP contribution in [0.25, 0.3) is 11.0 Å². The van der Waals surface area contributed by atoms with Crippen LogP contribution in [0.1, 0.15) is 76.1 Å². The maximum atomic E-state index is 14.1. The van der Waals surface area contributed by atoms with Crippen LogP contribution in [0.5, 0.6) is 0 Å². The van der Waals surface area contributed by atoms with Gasteiger partial charge in [0.25, 0.3) is 0 Å². The summed E-state index contributed by atoms with van der Waals surface area (Å²) >= 11 is 0. The van der Waals surface area contributed by atoms with Crippen LogP contribution < -0.4 is 5.32 Å². The zero-order chi connectivity index (χ0) is 24.5. The Hall–Kier alpha value is -2.03. The first-order valence-corrected chi connectivity index (χ1v) is 13.3. The summed E-state index contributed by atoms with van der Waals surface area (Å²) in [5.74, 6) is 0.626. The molecule has 0 aliphatic heterocycles. The number of nitrogens with one attached hydrogen (secondary N) is 1. The fourth-order valence-corrected chi connectivity index (χ4v) is 5.59. The Morgan fingerprint density at radius 1 is 1.03 bits per heavy atom. The number of carbonyl (C=O) groups excluding carboxylic acids is 1. The molecule has 2 saturated carbocycles. The number of imidazole rings is 1. The van der Waals surface area contributed by atoms with Crippen LogP contribution in [0, 0.1) is 11.7 Å². The second-order valence-electron chi connectivity index (χ2n) is 9.88. The molecule has 0 bridgehead atoms. The maximum absolute atomic E-state index is 14.1. The lowest BCUT2D eigenvalue weighted by molar-refractivity contribution is -0.127. The highest BCUT2D eigenvalue weighted by molar-refractivity contribution is 5.85. The van der Waals surface area contributed by atoms with Crippen LogP contribution in [-0.2, 0) is 25.6 Å². The summed E-state index contributed by atoms with van der Waals surface area (Å²) in [6.07, 6.45) is 11.1. The number of methoxy groups -OCH3 is 1. The number of halogens is 1. The van der Waals surface area contributed by atoms with Gasteiger partial charge in [0.05, 0.1) is 37.5 Å². The van der Waals surface area contributed by atoms with Crippen molar-refractivity contribution in [3.8, 4) is 0 Å². The first-order chi connectivity index (χ1) is 17.2. The molecule has 8 heteroatoms. The van der Waals surface area contributed by atoms with E-state index in [-0.39, 0.29) is 36.3 Å². The average molecular weight is 490 g/mol. The van der Waals surface area contributed by atoms with Crippen molar-refractivity contribution in [1.29, 1.82) is 0 Å². The molecule has 0 saturated heterocycles. The molecular weight excluding hydrogens is 449 g/mol. The number of carbonyl (C=O) groups is 1. The van der Waals surface area contributed by atoms with Crippen molar-refractivity contribution in [3.05, 3.63) is 29.8 Å². The summed E-state index contributed by atoms with van der Waals surface area (Å²) in [6.45, 7) is 2.16. The van der Waals surface area contributed by atoms with Crippen molar-refractivity contribution in [1.82, 2.24) is 14.9 Å². The summed E-state index contributed by atoms with van der Waals surface area (Å²) in [6, 6.07) is 4.51. The molecule has 35 heavy (non-hydrogen) atoms. The summed E-state index contributed by atoms with van der Waals surface area (Å²) in [5.41, 5.74) is 1.35. The number of benzene rings is 1. The lowest BCUT2D eigenvalue weighted by Gasteiger charge is -2.33. The van der Waals surface area contributed by atoms with Gasteiger partial charge in [0, 0.05) is 19.2 Å². The molecule has 1 atom stereocenters. The number of fused-ring (bicyclic) bond motifs is 1. The third-order valence-electron chi connectivity index (χ3n) is 7.35. The molecule has 2 aliphatic carbocycles. The monoisotopic (exact) mass is 489 g/mol. The molecule has 0 radical (unpaired) electrons. The quantitative estimate of drug-likeness (QED) is 0.428. The Labute approximate surface area is 207 Å². The Bertz CT molecular complexity index is 938. The second-order valence-corrected chi connectivity index (χ2v) is 9.88. The standard InChI is InChI=1S/C27H40FN3O4/c1-33-14-15-34-16-17-35-19-25-30-23-18-21(28)12-13-24(23)31(25)26(20-8-4-2-5-9-20)27(32)29-22-10-6-3-7-11-22/h12-13,18,20,22,26H,2-11,14-17,19H2,1H3,(H,29,32). The molecule has 2 fully saturated rings. The molecule has 1 aromatic heterocycles. The van der Waals surface area contributed by atoms with Crippen LogP contribution in [-0.4, -0.2) is 55.0 Å². The third-order valence-corrected chi connectivity index (χ3v) is 7.35. The van der Waals surface area contributed by atoms with E-state index in [9.17, 15) is 9.18 Å². The molecule has 1 unspecified atom stereocenters.